The van der Waals surface area contributed by atoms with E-state index in [-0.39, 0.29) is 101 Å². The topological polar surface area (TPSA) is 422 Å². The molecule has 1 aliphatic heterocycles. The molecule has 0 unspecified atom stereocenters. The summed E-state index contributed by atoms with van der Waals surface area (Å²) in [5.41, 5.74) is 33.9. The van der Waals surface area contributed by atoms with Crippen LogP contribution >= 0.6 is 0 Å². The number of alkyl halides is 3. The van der Waals surface area contributed by atoms with Crippen LogP contribution in [0.2, 0.25) is 0 Å². The number of carbonyl (C=O) groups excluding carboxylic acids is 9. The molecule has 7 amide bonds. The van der Waals surface area contributed by atoms with Gasteiger partial charge in [-0.05, 0) is 94.0 Å². The second-order valence-electron chi connectivity index (χ2n) is 19.1. The van der Waals surface area contributed by atoms with Gasteiger partial charge in [0.15, 0.2) is 17.7 Å². The fourth-order valence-corrected chi connectivity index (χ4v) is 8.91. The number of hydrogen-bond acceptors (Lipinski definition) is 12. The minimum absolute atomic E-state index is 0.00323. The maximum Gasteiger partial charge on any atom is 0.416 e. The molecule has 1 saturated heterocycles. The van der Waals surface area contributed by atoms with Crippen LogP contribution in [0.15, 0.2) is 64.7 Å². The molecule has 2 heterocycles. The van der Waals surface area contributed by atoms with Gasteiger partial charge in [0.2, 0.25) is 41.4 Å². The van der Waals surface area contributed by atoms with E-state index in [1.807, 2.05) is 12.1 Å². The molecule has 2 aromatic carbocycles. The Balaban J connectivity index is 1.81. The molecule has 7 atom stereocenters. The Bertz CT molecular complexity index is 2650. The number of hydrogen-bond donors (Lipinski definition) is 13. The van der Waals surface area contributed by atoms with E-state index in [4.69, 9.17) is 34.4 Å². The van der Waals surface area contributed by atoms with Crippen LogP contribution in [0.4, 0.5) is 13.2 Å². The molecular weight excluding hydrogens is 1020 g/mol. The van der Waals surface area contributed by atoms with Gasteiger partial charge >= 0.3 is 6.18 Å². The first-order valence-corrected chi connectivity index (χ1v) is 25.6. The number of para-hydroxylation sites is 1. The van der Waals surface area contributed by atoms with Crippen molar-refractivity contribution in [2.24, 2.45) is 56.2 Å². The zero-order valence-electron chi connectivity index (χ0n) is 43.4. The van der Waals surface area contributed by atoms with Crippen LogP contribution in [-0.2, 0) is 62.2 Å². The minimum Gasteiger partial charge on any atom is -0.370 e. The van der Waals surface area contributed by atoms with Crippen LogP contribution in [0.3, 0.4) is 0 Å². The molecule has 0 saturated carbocycles. The highest BCUT2D eigenvalue weighted by molar-refractivity contribution is 5.98. The van der Waals surface area contributed by atoms with E-state index in [9.17, 15) is 56.3 Å². The highest BCUT2D eigenvalue weighted by Crippen LogP contribution is 2.30. The molecule has 78 heavy (non-hydrogen) atoms. The lowest BCUT2D eigenvalue weighted by atomic mass is 9.83. The molecule has 0 spiro atoms. The number of amides is 7. The van der Waals surface area contributed by atoms with Crippen LogP contribution in [0.1, 0.15) is 94.2 Å². The van der Waals surface area contributed by atoms with Crippen LogP contribution in [0, 0.1) is 11.8 Å². The molecule has 0 aliphatic carbocycles. The number of Topliss-reactive ketones (excluding diaryl/α,β-unsaturated/α-hetero) is 2. The molecule has 0 radical (unpaired) electrons. The number of nitrogens with two attached hydrogens (primary N) is 6. The number of primary amides is 1. The summed E-state index contributed by atoms with van der Waals surface area (Å²) < 4.78 is 42.0. The number of H-pyrrole nitrogens is 1. The number of fused-ring (bicyclic) bond motifs is 1. The zero-order chi connectivity index (χ0) is 57.5. The Morgan fingerprint density at radius 3 is 2.12 bits per heavy atom. The van der Waals surface area contributed by atoms with Gasteiger partial charge in [0.25, 0.3) is 0 Å². The van der Waals surface area contributed by atoms with Gasteiger partial charge in [0.05, 0.1) is 11.6 Å². The first-order chi connectivity index (χ1) is 36.9. The number of halogens is 3. The Kier molecular flexibility index (Phi) is 24.5. The fourth-order valence-electron chi connectivity index (χ4n) is 8.91. The van der Waals surface area contributed by atoms with Crippen molar-refractivity contribution in [2.75, 3.05) is 26.2 Å². The number of rotatable bonds is 18. The van der Waals surface area contributed by atoms with E-state index in [0.717, 1.165) is 36.0 Å². The molecule has 4 rings (SSSR count). The van der Waals surface area contributed by atoms with E-state index < -0.39 is 132 Å². The van der Waals surface area contributed by atoms with Crippen LogP contribution < -0.4 is 66.3 Å². The first-order valence-electron chi connectivity index (χ1n) is 25.6. The van der Waals surface area contributed by atoms with Gasteiger partial charge in [-0.1, -0.05) is 36.4 Å². The van der Waals surface area contributed by atoms with Crippen molar-refractivity contribution in [2.45, 2.75) is 127 Å². The van der Waals surface area contributed by atoms with Crippen molar-refractivity contribution in [3.05, 3.63) is 71.4 Å². The molecule has 3 aromatic rings. The zero-order valence-corrected chi connectivity index (χ0v) is 43.4. The smallest absolute Gasteiger partial charge is 0.370 e. The highest BCUT2D eigenvalue weighted by atomic mass is 19.4. The maximum atomic E-state index is 14.8. The van der Waals surface area contributed by atoms with Gasteiger partial charge in [-0.15, -0.1) is 0 Å². The number of carbonyl (C=O) groups is 9. The van der Waals surface area contributed by atoms with Gasteiger partial charge in [-0.3, -0.25) is 53.1 Å². The number of aromatic amines is 1. The normalized spacial score (nSPS) is 21.2. The highest BCUT2D eigenvalue weighted by Gasteiger charge is 2.36. The predicted molar refractivity (Wildman–Crippen MR) is 283 cm³/mol. The van der Waals surface area contributed by atoms with Crippen molar-refractivity contribution < 1.29 is 56.3 Å². The Morgan fingerprint density at radius 2 is 1.45 bits per heavy atom. The third-order valence-corrected chi connectivity index (χ3v) is 12.9. The Hall–Kier alpha value is -8.10. The average molecular weight is 1100 g/mol. The van der Waals surface area contributed by atoms with Crippen molar-refractivity contribution in [1.29, 1.82) is 0 Å². The first kappa shape index (κ1) is 62.4. The third-order valence-electron chi connectivity index (χ3n) is 12.9. The number of nitrogens with zero attached hydrogens (tertiary/aromatic N) is 2. The molecule has 1 fully saturated rings. The molecule has 19 N–H and O–H groups in total. The van der Waals surface area contributed by atoms with E-state index in [1.54, 1.807) is 18.3 Å². The summed E-state index contributed by atoms with van der Waals surface area (Å²) in [5.74, 6) is -9.97. The number of aliphatic imine (C=N–C) groups is 2. The average Bonchev–Trinajstić information content (AvgIpc) is 3.79. The molecule has 1 aromatic heterocycles. The van der Waals surface area contributed by atoms with E-state index in [0.29, 0.717) is 5.56 Å². The lowest BCUT2D eigenvalue weighted by molar-refractivity contribution is -0.137. The van der Waals surface area contributed by atoms with Crippen LogP contribution in [0.25, 0.3) is 10.9 Å². The molecule has 27 heteroatoms. The largest absolute Gasteiger partial charge is 0.416 e. The van der Waals surface area contributed by atoms with Crippen molar-refractivity contribution >= 4 is 75.7 Å². The van der Waals surface area contributed by atoms with E-state index in [2.05, 4.69) is 46.9 Å². The molecule has 426 valence electrons. The quantitative estimate of drug-likeness (QED) is 0.0422. The van der Waals surface area contributed by atoms with Gasteiger partial charge in [0, 0.05) is 74.8 Å². The predicted octanol–water partition coefficient (Wildman–Crippen LogP) is -0.802. The lowest BCUT2D eigenvalue weighted by Gasteiger charge is -2.27. The van der Waals surface area contributed by atoms with Crippen molar-refractivity contribution in [3.8, 4) is 0 Å². The third kappa shape index (κ3) is 20.8. The van der Waals surface area contributed by atoms with Crippen molar-refractivity contribution in [1.82, 2.24) is 36.9 Å². The van der Waals surface area contributed by atoms with E-state index >= 15 is 0 Å². The lowest BCUT2D eigenvalue weighted by Crippen LogP contribution is -2.58. The second-order valence-corrected chi connectivity index (χ2v) is 19.1. The number of guanidine groups is 2. The Labute approximate surface area is 448 Å². The van der Waals surface area contributed by atoms with Gasteiger partial charge < -0.3 is 71.3 Å². The Morgan fingerprint density at radius 1 is 0.769 bits per heavy atom. The summed E-state index contributed by atoms with van der Waals surface area (Å²) in [4.78, 5) is 136. The molecule has 1 aliphatic rings. The summed E-state index contributed by atoms with van der Waals surface area (Å²) in [6.45, 7) is 0.976. The summed E-state index contributed by atoms with van der Waals surface area (Å²) in [5, 5.41) is 16.2. The number of ketones is 2. The summed E-state index contributed by atoms with van der Waals surface area (Å²) >= 11 is 0. The monoisotopic (exact) mass is 1100 g/mol. The maximum absolute atomic E-state index is 14.8. The number of benzene rings is 2. The fraction of sp³-hybridized carbons (Fsp3) is 0.510. The van der Waals surface area contributed by atoms with E-state index in [1.165, 1.54) is 6.07 Å². The van der Waals surface area contributed by atoms with Gasteiger partial charge in [-0.2, -0.15) is 13.2 Å². The standard InChI is InChI=1S/C51H72F3N15O9/c1-28(70)65-37(14-7-21-63-50(59)60)46(76)67-38-15-16-43(73)61-19-6-13-36(44(56)74)66-45(75)31(24-32-27-64-35-12-3-2-11-34(32)35)26-41(71)30(9-5-20-62-49(57)58)25-42(72)40(69-48(78)39(17-18-55)68-47(38)77)23-29-8-4-10-33(22-29)51(52,53)54/h2-4,8,10-12,22,27,30-31,36-40,64H,5-7,9,13-21,23-26,55H2,1H3,(H2,56,74)(H,61,73)(H,65,70)(H,66,75)(H,67,76)(H,68,77)(H,69,78)(H4,57,58,62)(H4,59,60,63)/t30-,31-,36+,37+,38+,39+,40-/m1/s1. The molecule has 24 nitrogen and oxygen atoms in total. The van der Waals surface area contributed by atoms with Crippen LogP contribution in [-0.4, -0.2) is 126 Å². The summed E-state index contributed by atoms with van der Waals surface area (Å²) in [6.07, 6.45) is -5.51. The van der Waals surface area contributed by atoms with Crippen molar-refractivity contribution in [3.63, 3.8) is 0 Å². The van der Waals surface area contributed by atoms with Gasteiger partial charge in [-0.25, -0.2) is 0 Å². The second kappa shape index (κ2) is 30.6. The molecule has 0 bridgehead atoms. The van der Waals surface area contributed by atoms with Crippen LogP contribution in [0.5, 0.6) is 0 Å². The summed E-state index contributed by atoms with van der Waals surface area (Å²) in [7, 11) is 0. The SMILES string of the molecule is CC(=O)N[C@@H](CCCN=C(N)N)C(=O)N[C@H]1CCC(=O)NCCC[C@@H](C(N)=O)NC(=O)[C@H](Cc2c[nH]c3ccccc23)CC(=O)[C@H](CCCN=C(N)N)CC(=O)[C@@H](Cc2cccc(C(F)(F)F)c2)NC(=O)[C@H](CCN)NC1=O. The molecular formula is C51H72F3N15O9. The number of nitrogens with one attached hydrogen (secondary N) is 7. The number of aromatic nitrogens is 1. The minimum atomic E-state index is -4.80. The van der Waals surface area contributed by atoms with Gasteiger partial charge in [0.1, 0.15) is 30.0 Å². The summed E-state index contributed by atoms with van der Waals surface area (Å²) in [6, 6.07) is 3.98.